The highest BCUT2D eigenvalue weighted by Gasteiger charge is 2.03. The molecule has 0 aliphatic rings. The van der Waals surface area contributed by atoms with Gasteiger partial charge < -0.3 is 5.11 Å². The lowest BCUT2D eigenvalue weighted by molar-refractivity contribution is 0.0697. The van der Waals surface area contributed by atoms with Crippen molar-refractivity contribution in [3.63, 3.8) is 0 Å². The maximum Gasteiger partial charge on any atom is 0.338 e. The minimum Gasteiger partial charge on any atom is -0.478 e. The number of nitrogens with zero attached hydrogens (tertiary/aromatic N) is 2. The third kappa shape index (κ3) is 1.95. The number of aromatic nitrogens is 2. The van der Waals surface area contributed by atoms with Crippen LogP contribution in [0.4, 0.5) is 0 Å². The molecule has 1 aromatic heterocycles. The van der Waals surface area contributed by atoms with Crippen molar-refractivity contribution in [1.29, 1.82) is 0 Å². The average Bonchev–Trinajstić information content (AvgIpc) is 2.48. The Kier molecular flexibility index (Phi) is 2.63. The van der Waals surface area contributed by atoms with E-state index in [1.807, 2.05) is 19.1 Å². The average molecular weight is 166 g/mol. The van der Waals surface area contributed by atoms with Gasteiger partial charge in [-0.25, -0.2) is 4.79 Å². The Morgan fingerprint density at radius 3 is 3.08 bits per heavy atom. The van der Waals surface area contributed by atoms with Crippen LogP contribution in [-0.2, 0) is 6.54 Å². The van der Waals surface area contributed by atoms with Gasteiger partial charge in [-0.3, -0.25) is 4.68 Å². The van der Waals surface area contributed by atoms with E-state index in [1.54, 1.807) is 4.68 Å². The van der Waals surface area contributed by atoms with Gasteiger partial charge >= 0.3 is 5.97 Å². The molecule has 1 heterocycles. The van der Waals surface area contributed by atoms with E-state index >= 15 is 0 Å². The van der Waals surface area contributed by atoms with Crippen LogP contribution >= 0.6 is 0 Å². The predicted molar refractivity (Wildman–Crippen MR) is 44.0 cm³/mol. The third-order valence-electron chi connectivity index (χ3n) is 1.41. The fourth-order valence-electron chi connectivity index (χ4n) is 0.787. The highest BCUT2D eigenvalue weighted by molar-refractivity contribution is 5.86. The molecule has 0 aromatic carbocycles. The molecule has 64 valence electrons. The molecule has 0 unspecified atom stereocenters. The molecule has 0 aliphatic carbocycles. The van der Waals surface area contributed by atoms with E-state index in [4.69, 9.17) is 5.11 Å². The van der Waals surface area contributed by atoms with Crippen LogP contribution in [0.15, 0.2) is 24.5 Å². The molecule has 0 saturated heterocycles. The van der Waals surface area contributed by atoms with Crippen LogP contribution in [0.1, 0.15) is 17.3 Å². The number of carboxylic acids is 1. The minimum absolute atomic E-state index is 0.222. The summed E-state index contributed by atoms with van der Waals surface area (Å²) in [6.45, 7) is 2.52. The standard InChI is InChI=1S/C8H10N2O2/c1-2-3-4-10-6-7(5-9-10)8(11)12/h2-3,5-6H,4H2,1H3,(H,11,12). The Bertz CT molecular complexity index is 302. The molecule has 0 atom stereocenters. The Balaban J connectivity index is 2.70. The molecule has 12 heavy (non-hydrogen) atoms. The van der Waals surface area contributed by atoms with Crippen molar-refractivity contribution in [2.75, 3.05) is 0 Å². The molecule has 4 heteroatoms. The smallest absolute Gasteiger partial charge is 0.338 e. The number of rotatable bonds is 3. The highest BCUT2D eigenvalue weighted by atomic mass is 16.4. The molecular weight excluding hydrogens is 156 g/mol. The van der Waals surface area contributed by atoms with E-state index in [9.17, 15) is 4.79 Å². The number of hydrogen-bond acceptors (Lipinski definition) is 2. The van der Waals surface area contributed by atoms with E-state index in [1.165, 1.54) is 12.4 Å². The first-order chi connectivity index (χ1) is 5.74. The molecule has 0 saturated carbocycles. The molecule has 0 bridgehead atoms. The van der Waals surface area contributed by atoms with Crippen molar-refractivity contribution in [3.8, 4) is 0 Å². The number of aromatic carboxylic acids is 1. The van der Waals surface area contributed by atoms with E-state index in [-0.39, 0.29) is 5.56 Å². The van der Waals surface area contributed by atoms with Crippen molar-refractivity contribution in [1.82, 2.24) is 9.78 Å². The van der Waals surface area contributed by atoms with Crippen LogP contribution in [0, 0.1) is 0 Å². The minimum atomic E-state index is -0.943. The van der Waals surface area contributed by atoms with Gasteiger partial charge in [-0.1, -0.05) is 12.2 Å². The van der Waals surface area contributed by atoms with E-state index < -0.39 is 5.97 Å². The van der Waals surface area contributed by atoms with Gasteiger partial charge in [-0.15, -0.1) is 0 Å². The molecule has 0 spiro atoms. The van der Waals surface area contributed by atoms with Gasteiger partial charge in [-0.05, 0) is 6.92 Å². The summed E-state index contributed by atoms with van der Waals surface area (Å²) in [4.78, 5) is 10.4. The number of carboxylic acid groups (broad SMARTS) is 1. The quantitative estimate of drug-likeness (QED) is 0.685. The van der Waals surface area contributed by atoms with Crippen LogP contribution in [0.2, 0.25) is 0 Å². The Hall–Kier alpha value is -1.58. The summed E-state index contributed by atoms with van der Waals surface area (Å²) in [5.74, 6) is -0.943. The molecule has 1 rings (SSSR count). The second-order valence-corrected chi connectivity index (χ2v) is 2.33. The zero-order valence-corrected chi connectivity index (χ0v) is 6.77. The van der Waals surface area contributed by atoms with Crippen LogP contribution < -0.4 is 0 Å². The fraction of sp³-hybridized carbons (Fsp3) is 0.250. The van der Waals surface area contributed by atoms with Crippen molar-refractivity contribution < 1.29 is 9.90 Å². The van der Waals surface area contributed by atoms with Gasteiger partial charge in [-0.2, -0.15) is 5.10 Å². The predicted octanol–water partition coefficient (Wildman–Crippen LogP) is 1.16. The second-order valence-electron chi connectivity index (χ2n) is 2.33. The van der Waals surface area contributed by atoms with E-state index in [0.29, 0.717) is 6.54 Å². The monoisotopic (exact) mass is 166 g/mol. The van der Waals surface area contributed by atoms with E-state index in [2.05, 4.69) is 5.10 Å². The normalized spacial score (nSPS) is 10.8. The summed E-state index contributed by atoms with van der Waals surface area (Å²) < 4.78 is 1.57. The third-order valence-corrected chi connectivity index (χ3v) is 1.41. The molecule has 1 N–H and O–H groups in total. The Labute approximate surface area is 70.1 Å². The van der Waals surface area contributed by atoms with Gasteiger partial charge in [0.1, 0.15) is 0 Å². The van der Waals surface area contributed by atoms with Crippen molar-refractivity contribution in [2.45, 2.75) is 13.5 Å². The van der Waals surface area contributed by atoms with Crippen molar-refractivity contribution in [3.05, 3.63) is 30.1 Å². The summed E-state index contributed by atoms with van der Waals surface area (Å²) in [5, 5.41) is 12.4. The summed E-state index contributed by atoms with van der Waals surface area (Å²) in [6, 6.07) is 0. The van der Waals surface area contributed by atoms with Gasteiger partial charge in [0.05, 0.1) is 18.3 Å². The lowest BCUT2D eigenvalue weighted by Gasteiger charge is -1.91. The van der Waals surface area contributed by atoms with Crippen LogP contribution in [0.3, 0.4) is 0 Å². The number of carbonyl (C=O) groups is 1. The zero-order chi connectivity index (χ0) is 8.97. The topological polar surface area (TPSA) is 55.1 Å². The van der Waals surface area contributed by atoms with Crippen LogP contribution in [0.5, 0.6) is 0 Å². The van der Waals surface area contributed by atoms with Gasteiger partial charge in [0.2, 0.25) is 0 Å². The fourth-order valence-corrected chi connectivity index (χ4v) is 0.787. The molecule has 0 aliphatic heterocycles. The maximum atomic E-state index is 10.4. The van der Waals surface area contributed by atoms with Crippen molar-refractivity contribution >= 4 is 5.97 Å². The van der Waals surface area contributed by atoms with Crippen LogP contribution in [0.25, 0.3) is 0 Å². The maximum absolute atomic E-state index is 10.4. The second kappa shape index (κ2) is 3.71. The number of hydrogen-bond donors (Lipinski definition) is 1. The number of allylic oxidation sites excluding steroid dienone is 2. The molecule has 1 aromatic rings. The SMILES string of the molecule is CC=CCn1cc(C(=O)O)cn1. The Morgan fingerprint density at radius 1 is 1.83 bits per heavy atom. The summed E-state index contributed by atoms with van der Waals surface area (Å²) in [5.41, 5.74) is 0.222. The van der Waals surface area contributed by atoms with E-state index in [0.717, 1.165) is 0 Å². The Morgan fingerprint density at radius 2 is 2.58 bits per heavy atom. The van der Waals surface area contributed by atoms with Crippen molar-refractivity contribution in [2.24, 2.45) is 0 Å². The summed E-state index contributed by atoms with van der Waals surface area (Å²) in [7, 11) is 0. The lowest BCUT2D eigenvalue weighted by atomic mass is 10.4. The molecule has 0 amide bonds. The molecule has 4 nitrogen and oxygen atoms in total. The largest absolute Gasteiger partial charge is 0.478 e. The van der Waals surface area contributed by atoms with Crippen LogP contribution in [-0.4, -0.2) is 20.9 Å². The summed E-state index contributed by atoms with van der Waals surface area (Å²) in [6.07, 6.45) is 6.63. The van der Waals surface area contributed by atoms with Gasteiger partial charge in [0, 0.05) is 6.20 Å². The first-order valence-corrected chi connectivity index (χ1v) is 3.61. The van der Waals surface area contributed by atoms with Gasteiger partial charge in [0.15, 0.2) is 0 Å². The molecular formula is C8H10N2O2. The molecule has 0 radical (unpaired) electrons. The van der Waals surface area contributed by atoms with Gasteiger partial charge in [0.25, 0.3) is 0 Å². The lowest BCUT2D eigenvalue weighted by Crippen LogP contribution is -1.96. The highest BCUT2D eigenvalue weighted by Crippen LogP contribution is 1.96. The zero-order valence-electron chi connectivity index (χ0n) is 6.77. The first-order valence-electron chi connectivity index (χ1n) is 3.61. The summed E-state index contributed by atoms with van der Waals surface area (Å²) >= 11 is 0. The first kappa shape index (κ1) is 8.52. The molecule has 0 fully saturated rings.